The highest BCUT2D eigenvalue weighted by Crippen LogP contribution is 2.29. The fourth-order valence-electron chi connectivity index (χ4n) is 1.89. The second kappa shape index (κ2) is 4.28. The number of rotatable bonds is 2. The van der Waals surface area contributed by atoms with Crippen LogP contribution in [0.1, 0.15) is 0 Å². The van der Waals surface area contributed by atoms with Crippen molar-refractivity contribution in [3.8, 4) is 17.2 Å². The molecule has 0 bridgehead atoms. The van der Waals surface area contributed by atoms with E-state index in [0.29, 0.717) is 28.4 Å². The Hall–Kier alpha value is -2.56. The number of hydrogen-bond acceptors (Lipinski definition) is 4. The SMILES string of the molecule is COc1cccc(-c2nc3cc(N)cc(F)c3o2)c1. The third kappa shape index (κ3) is 1.99. The molecule has 0 aliphatic heterocycles. The maximum absolute atomic E-state index is 13.7. The number of nitrogens with zero attached hydrogens (tertiary/aromatic N) is 1. The minimum Gasteiger partial charge on any atom is -0.497 e. The van der Waals surface area contributed by atoms with Crippen molar-refractivity contribution in [1.29, 1.82) is 0 Å². The molecule has 0 saturated heterocycles. The van der Waals surface area contributed by atoms with Crippen LogP contribution in [0.15, 0.2) is 40.8 Å². The fraction of sp³-hybridized carbons (Fsp3) is 0.0714. The number of halogens is 1. The number of nitrogens with two attached hydrogens (primary N) is 1. The first-order chi connectivity index (χ1) is 9.17. The zero-order chi connectivity index (χ0) is 13.4. The van der Waals surface area contributed by atoms with E-state index in [1.165, 1.54) is 6.07 Å². The van der Waals surface area contributed by atoms with Gasteiger partial charge in [-0.1, -0.05) is 6.07 Å². The van der Waals surface area contributed by atoms with Crippen molar-refractivity contribution in [2.75, 3.05) is 12.8 Å². The van der Waals surface area contributed by atoms with Gasteiger partial charge in [-0.05, 0) is 24.3 Å². The first kappa shape index (κ1) is 11.5. The van der Waals surface area contributed by atoms with E-state index in [9.17, 15) is 4.39 Å². The summed E-state index contributed by atoms with van der Waals surface area (Å²) in [7, 11) is 1.57. The van der Waals surface area contributed by atoms with Crippen LogP contribution in [0, 0.1) is 5.82 Å². The van der Waals surface area contributed by atoms with E-state index in [2.05, 4.69) is 4.98 Å². The van der Waals surface area contributed by atoms with Crippen molar-refractivity contribution in [3.63, 3.8) is 0 Å². The van der Waals surface area contributed by atoms with E-state index in [1.807, 2.05) is 18.2 Å². The summed E-state index contributed by atoms with van der Waals surface area (Å²) < 4.78 is 24.3. The highest BCUT2D eigenvalue weighted by atomic mass is 19.1. The Labute approximate surface area is 108 Å². The Balaban J connectivity index is 2.17. The van der Waals surface area contributed by atoms with E-state index in [-0.39, 0.29) is 5.58 Å². The van der Waals surface area contributed by atoms with Gasteiger partial charge in [-0.2, -0.15) is 0 Å². The lowest BCUT2D eigenvalue weighted by Crippen LogP contribution is -1.86. The minimum atomic E-state index is -0.517. The molecule has 0 aliphatic carbocycles. The molecule has 2 N–H and O–H groups in total. The Morgan fingerprint density at radius 1 is 1.26 bits per heavy atom. The molecule has 0 fully saturated rings. The molecule has 2 aromatic carbocycles. The van der Waals surface area contributed by atoms with Gasteiger partial charge in [0.1, 0.15) is 11.3 Å². The van der Waals surface area contributed by atoms with Crippen molar-refractivity contribution in [2.24, 2.45) is 0 Å². The molecule has 0 atom stereocenters. The predicted octanol–water partition coefficient (Wildman–Crippen LogP) is 3.22. The normalized spacial score (nSPS) is 10.8. The molecule has 5 heteroatoms. The molecule has 0 amide bonds. The molecule has 4 nitrogen and oxygen atoms in total. The number of nitrogen functional groups attached to an aromatic ring is 1. The van der Waals surface area contributed by atoms with Crippen molar-refractivity contribution >= 4 is 16.8 Å². The number of methoxy groups -OCH3 is 1. The average Bonchev–Trinajstić information content (AvgIpc) is 2.83. The van der Waals surface area contributed by atoms with Crippen LogP contribution >= 0.6 is 0 Å². The third-order valence-corrected chi connectivity index (χ3v) is 2.78. The monoisotopic (exact) mass is 258 g/mol. The minimum absolute atomic E-state index is 0.104. The second-order valence-electron chi connectivity index (χ2n) is 4.10. The van der Waals surface area contributed by atoms with Crippen LogP contribution in [0.25, 0.3) is 22.6 Å². The lowest BCUT2D eigenvalue weighted by Gasteiger charge is -2.00. The van der Waals surface area contributed by atoms with E-state index >= 15 is 0 Å². The van der Waals surface area contributed by atoms with Gasteiger partial charge < -0.3 is 14.9 Å². The van der Waals surface area contributed by atoms with Gasteiger partial charge in [-0.3, -0.25) is 0 Å². The van der Waals surface area contributed by atoms with E-state index < -0.39 is 5.82 Å². The van der Waals surface area contributed by atoms with Gasteiger partial charge in [0, 0.05) is 17.3 Å². The molecule has 0 spiro atoms. The van der Waals surface area contributed by atoms with Crippen LogP contribution in [-0.4, -0.2) is 12.1 Å². The zero-order valence-corrected chi connectivity index (χ0v) is 10.2. The molecule has 0 unspecified atom stereocenters. The largest absolute Gasteiger partial charge is 0.497 e. The van der Waals surface area contributed by atoms with Crippen LogP contribution < -0.4 is 10.5 Å². The first-order valence-corrected chi connectivity index (χ1v) is 5.67. The van der Waals surface area contributed by atoms with Gasteiger partial charge >= 0.3 is 0 Å². The molecule has 0 aliphatic rings. The standard InChI is InChI=1S/C14H11FN2O2/c1-18-10-4-2-3-8(5-10)14-17-12-7-9(16)6-11(15)13(12)19-14/h2-7H,16H2,1H3. The van der Waals surface area contributed by atoms with Crippen LogP contribution in [-0.2, 0) is 0 Å². The Bertz CT molecular complexity index is 752. The smallest absolute Gasteiger partial charge is 0.227 e. The van der Waals surface area contributed by atoms with E-state index in [4.69, 9.17) is 14.9 Å². The number of fused-ring (bicyclic) bond motifs is 1. The molecule has 1 aromatic heterocycles. The van der Waals surface area contributed by atoms with Gasteiger partial charge in [-0.15, -0.1) is 0 Å². The second-order valence-corrected chi connectivity index (χ2v) is 4.10. The molecular formula is C14H11FN2O2. The molecule has 96 valence electrons. The van der Waals surface area contributed by atoms with Crippen LogP contribution in [0.5, 0.6) is 5.75 Å². The summed E-state index contributed by atoms with van der Waals surface area (Å²) in [6.07, 6.45) is 0. The predicted molar refractivity (Wildman–Crippen MR) is 70.4 cm³/mol. The zero-order valence-electron chi connectivity index (χ0n) is 10.2. The quantitative estimate of drug-likeness (QED) is 0.717. The summed E-state index contributed by atoms with van der Waals surface area (Å²) in [6.45, 7) is 0. The number of oxazole rings is 1. The highest BCUT2D eigenvalue weighted by molar-refractivity contribution is 5.80. The molecule has 19 heavy (non-hydrogen) atoms. The average molecular weight is 258 g/mol. The number of anilines is 1. The molecular weight excluding hydrogens is 247 g/mol. The summed E-state index contributed by atoms with van der Waals surface area (Å²) in [5.41, 5.74) is 7.11. The maximum atomic E-state index is 13.7. The van der Waals surface area contributed by atoms with E-state index in [0.717, 1.165) is 0 Å². The number of benzene rings is 2. The van der Waals surface area contributed by atoms with Crippen molar-refractivity contribution in [1.82, 2.24) is 4.98 Å². The molecule has 3 rings (SSSR count). The molecule has 1 heterocycles. The van der Waals surface area contributed by atoms with Crippen molar-refractivity contribution < 1.29 is 13.5 Å². The van der Waals surface area contributed by atoms with Crippen LogP contribution in [0.3, 0.4) is 0 Å². The van der Waals surface area contributed by atoms with Crippen molar-refractivity contribution in [3.05, 3.63) is 42.2 Å². The Kier molecular flexibility index (Phi) is 2.59. The summed E-state index contributed by atoms with van der Waals surface area (Å²) in [5.74, 6) is 0.495. The summed E-state index contributed by atoms with van der Waals surface area (Å²) in [6, 6.07) is 9.99. The highest BCUT2D eigenvalue weighted by Gasteiger charge is 2.13. The van der Waals surface area contributed by atoms with Gasteiger partial charge in [0.05, 0.1) is 7.11 Å². The Morgan fingerprint density at radius 3 is 2.89 bits per heavy atom. The number of ether oxygens (including phenoxy) is 1. The molecule has 0 saturated carbocycles. The van der Waals surface area contributed by atoms with Crippen LogP contribution in [0.2, 0.25) is 0 Å². The maximum Gasteiger partial charge on any atom is 0.227 e. The fourth-order valence-corrected chi connectivity index (χ4v) is 1.89. The first-order valence-electron chi connectivity index (χ1n) is 5.67. The van der Waals surface area contributed by atoms with Gasteiger partial charge in [0.25, 0.3) is 0 Å². The summed E-state index contributed by atoms with van der Waals surface area (Å²) in [4.78, 5) is 4.24. The third-order valence-electron chi connectivity index (χ3n) is 2.78. The van der Waals surface area contributed by atoms with Gasteiger partial charge in [-0.25, -0.2) is 9.37 Å². The summed E-state index contributed by atoms with van der Waals surface area (Å²) >= 11 is 0. The molecule has 0 radical (unpaired) electrons. The topological polar surface area (TPSA) is 61.3 Å². The number of hydrogen-bond donors (Lipinski definition) is 1. The van der Waals surface area contributed by atoms with Gasteiger partial charge in [0.15, 0.2) is 11.4 Å². The molecule has 3 aromatic rings. The Morgan fingerprint density at radius 2 is 2.11 bits per heavy atom. The van der Waals surface area contributed by atoms with Crippen LogP contribution in [0.4, 0.5) is 10.1 Å². The van der Waals surface area contributed by atoms with E-state index in [1.54, 1.807) is 19.2 Å². The summed E-state index contributed by atoms with van der Waals surface area (Å²) in [5, 5.41) is 0. The lowest BCUT2D eigenvalue weighted by molar-refractivity contribution is 0.415. The van der Waals surface area contributed by atoms with Gasteiger partial charge in [0.2, 0.25) is 5.89 Å². The number of aromatic nitrogens is 1. The lowest BCUT2D eigenvalue weighted by atomic mass is 10.2. The van der Waals surface area contributed by atoms with Crippen molar-refractivity contribution in [2.45, 2.75) is 0 Å².